The van der Waals surface area contributed by atoms with Crippen molar-refractivity contribution in [2.75, 3.05) is 52.9 Å². The van der Waals surface area contributed by atoms with E-state index in [2.05, 4.69) is 39.1 Å². The fourth-order valence-electron chi connectivity index (χ4n) is 3.44. The minimum absolute atomic E-state index is 0.0607. The molecular formula is C19H32N8O. The second-order valence-corrected chi connectivity index (χ2v) is 7.41. The van der Waals surface area contributed by atoms with Gasteiger partial charge >= 0.3 is 0 Å². The SMILES string of the molecule is CNC(=O)CN1CCN(Cc2nccn2C)CCN(Cc2nccn2C)CC1. The lowest BCUT2D eigenvalue weighted by Crippen LogP contribution is -2.41. The number of likely N-dealkylation sites (N-methyl/N-ethyl adjacent to an activating group) is 1. The average molecular weight is 389 g/mol. The maximum absolute atomic E-state index is 11.9. The number of aryl methyl sites for hydroxylation is 2. The number of amides is 1. The van der Waals surface area contributed by atoms with Gasteiger partial charge in [-0.05, 0) is 0 Å². The molecule has 0 saturated carbocycles. The van der Waals surface area contributed by atoms with Gasteiger partial charge in [-0.1, -0.05) is 0 Å². The minimum Gasteiger partial charge on any atom is -0.358 e. The van der Waals surface area contributed by atoms with E-state index >= 15 is 0 Å². The van der Waals surface area contributed by atoms with E-state index in [1.54, 1.807) is 7.05 Å². The van der Waals surface area contributed by atoms with Gasteiger partial charge in [0.2, 0.25) is 5.91 Å². The summed E-state index contributed by atoms with van der Waals surface area (Å²) in [6.45, 7) is 7.56. The number of nitrogens with one attached hydrogen (secondary N) is 1. The predicted molar refractivity (Wildman–Crippen MR) is 107 cm³/mol. The van der Waals surface area contributed by atoms with Crippen molar-refractivity contribution in [3.63, 3.8) is 0 Å². The van der Waals surface area contributed by atoms with Crippen LogP contribution in [-0.2, 0) is 32.0 Å². The third-order valence-corrected chi connectivity index (χ3v) is 5.42. The number of hydrogen-bond acceptors (Lipinski definition) is 6. The van der Waals surface area contributed by atoms with Crippen molar-refractivity contribution in [1.82, 2.24) is 39.1 Å². The van der Waals surface area contributed by atoms with E-state index < -0.39 is 0 Å². The van der Waals surface area contributed by atoms with Gasteiger partial charge in [0.25, 0.3) is 0 Å². The van der Waals surface area contributed by atoms with Crippen molar-refractivity contribution in [2.24, 2.45) is 14.1 Å². The zero-order valence-electron chi connectivity index (χ0n) is 17.2. The molecular weight excluding hydrogens is 356 g/mol. The van der Waals surface area contributed by atoms with Crippen LogP contribution in [0.25, 0.3) is 0 Å². The van der Waals surface area contributed by atoms with Crippen LogP contribution in [0.3, 0.4) is 0 Å². The minimum atomic E-state index is 0.0607. The Balaban J connectivity index is 1.69. The number of imidazole rings is 2. The molecule has 28 heavy (non-hydrogen) atoms. The van der Waals surface area contributed by atoms with E-state index in [9.17, 15) is 4.79 Å². The van der Waals surface area contributed by atoms with Crippen LogP contribution in [0.5, 0.6) is 0 Å². The molecule has 9 heteroatoms. The van der Waals surface area contributed by atoms with Gasteiger partial charge in [0, 0.05) is 85.2 Å². The Morgan fingerprint density at radius 3 is 1.64 bits per heavy atom. The molecule has 0 bridgehead atoms. The summed E-state index contributed by atoms with van der Waals surface area (Å²) in [4.78, 5) is 28.0. The quantitative estimate of drug-likeness (QED) is 0.721. The van der Waals surface area contributed by atoms with Crippen LogP contribution >= 0.6 is 0 Å². The van der Waals surface area contributed by atoms with Crippen LogP contribution in [0.2, 0.25) is 0 Å². The van der Waals surface area contributed by atoms with Crippen molar-refractivity contribution in [3.8, 4) is 0 Å². The molecule has 0 radical (unpaired) electrons. The first kappa shape index (κ1) is 20.5. The van der Waals surface area contributed by atoms with Gasteiger partial charge in [0.1, 0.15) is 11.6 Å². The van der Waals surface area contributed by atoms with Crippen LogP contribution < -0.4 is 5.32 Å². The van der Waals surface area contributed by atoms with Gasteiger partial charge in [-0.25, -0.2) is 9.97 Å². The molecule has 0 aromatic carbocycles. The Labute approximate surface area is 166 Å². The second-order valence-electron chi connectivity index (χ2n) is 7.41. The van der Waals surface area contributed by atoms with E-state index in [0.717, 1.165) is 64.0 Å². The lowest BCUT2D eigenvalue weighted by Gasteiger charge is -2.25. The Morgan fingerprint density at radius 1 is 0.857 bits per heavy atom. The fourth-order valence-corrected chi connectivity index (χ4v) is 3.44. The Kier molecular flexibility index (Phi) is 7.18. The van der Waals surface area contributed by atoms with Crippen molar-refractivity contribution in [1.29, 1.82) is 0 Å². The van der Waals surface area contributed by atoms with Crippen molar-refractivity contribution in [2.45, 2.75) is 13.1 Å². The smallest absolute Gasteiger partial charge is 0.233 e. The summed E-state index contributed by atoms with van der Waals surface area (Å²) < 4.78 is 4.14. The van der Waals surface area contributed by atoms with Gasteiger partial charge in [-0.15, -0.1) is 0 Å². The molecule has 1 amide bonds. The first-order valence-electron chi connectivity index (χ1n) is 9.85. The number of carbonyl (C=O) groups is 1. The third kappa shape index (κ3) is 5.63. The van der Waals surface area contributed by atoms with Gasteiger partial charge < -0.3 is 14.5 Å². The predicted octanol–water partition coefficient (Wildman–Crippen LogP) is -0.481. The number of hydrogen-bond donors (Lipinski definition) is 1. The highest BCUT2D eigenvalue weighted by Crippen LogP contribution is 2.08. The summed E-state index contributed by atoms with van der Waals surface area (Å²) in [6, 6.07) is 0. The first-order chi connectivity index (χ1) is 13.5. The molecule has 0 spiro atoms. The molecule has 0 atom stereocenters. The summed E-state index contributed by atoms with van der Waals surface area (Å²) in [5.41, 5.74) is 0. The Hall–Kier alpha value is -2.23. The standard InChI is InChI=1S/C19H32N8O/c1-20-19(28)16-27-12-10-25(14-17-21-4-6-23(17)2)8-9-26(11-13-27)15-18-22-5-7-24(18)3/h4-7H,8-16H2,1-3H3,(H,20,28). The molecule has 1 fully saturated rings. The summed E-state index contributed by atoms with van der Waals surface area (Å²) in [5.74, 6) is 2.19. The van der Waals surface area contributed by atoms with E-state index in [1.165, 1.54) is 0 Å². The Morgan fingerprint density at radius 2 is 1.29 bits per heavy atom. The summed E-state index contributed by atoms with van der Waals surface area (Å²) in [7, 11) is 5.76. The van der Waals surface area contributed by atoms with Gasteiger partial charge in [0.15, 0.2) is 0 Å². The van der Waals surface area contributed by atoms with Crippen molar-refractivity contribution in [3.05, 3.63) is 36.4 Å². The lowest BCUT2D eigenvalue weighted by molar-refractivity contribution is -0.121. The van der Waals surface area contributed by atoms with Crippen LogP contribution in [0.4, 0.5) is 0 Å². The molecule has 1 aliphatic heterocycles. The zero-order valence-corrected chi connectivity index (χ0v) is 17.2. The van der Waals surface area contributed by atoms with Gasteiger partial charge in [-0.3, -0.25) is 19.5 Å². The summed E-state index contributed by atoms with van der Waals surface area (Å²) >= 11 is 0. The van der Waals surface area contributed by atoms with Crippen LogP contribution in [-0.4, -0.2) is 92.6 Å². The van der Waals surface area contributed by atoms with Gasteiger partial charge in [0.05, 0.1) is 19.6 Å². The number of rotatable bonds is 6. The monoisotopic (exact) mass is 388 g/mol. The molecule has 1 N–H and O–H groups in total. The molecule has 3 rings (SSSR count). The zero-order chi connectivity index (χ0) is 19.9. The molecule has 0 aliphatic carbocycles. The largest absolute Gasteiger partial charge is 0.358 e. The van der Waals surface area contributed by atoms with Crippen LogP contribution in [0.1, 0.15) is 11.6 Å². The van der Waals surface area contributed by atoms with E-state index in [4.69, 9.17) is 0 Å². The van der Waals surface area contributed by atoms with Crippen molar-refractivity contribution < 1.29 is 4.79 Å². The molecule has 154 valence electrons. The second kappa shape index (κ2) is 9.81. The van der Waals surface area contributed by atoms with E-state index in [1.807, 2.05) is 38.9 Å². The summed E-state index contributed by atoms with van der Waals surface area (Å²) in [5, 5.41) is 2.74. The third-order valence-electron chi connectivity index (χ3n) is 5.42. The molecule has 0 unspecified atom stereocenters. The lowest BCUT2D eigenvalue weighted by atomic mass is 10.4. The van der Waals surface area contributed by atoms with Crippen LogP contribution in [0.15, 0.2) is 24.8 Å². The average Bonchev–Trinajstić information content (AvgIpc) is 3.29. The summed E-state index contributed by atoms with van der Waals surface area (Å²) in [6.07, 6.45) is 7.65. The highest BCUT2D eigenvalue weighted by atomic mass is 16.1. The molecule has 9 nitrogen and oxygen atoms in total. The molecule has 2 aromatic heterocycles. The van der Waals surface area contributed by atoms with E-state index in [-0.39, 0.29) is 5.91 Å². The number of carbonyl (C=O) groups excluding carboxylic acids is 1. The van der Waals surface area contributed by atoms with Crippen LogP contribution in [0, 0.1) is 0 Å². The number of nitrogens with zero attached hydrogens (tertiary/aromatic N) is 7. The topological polar surface area (TPSA) is 74.5 Å². The molecule has 1 saturated heterocycles. The highest BCUT2D eigenvalue weighted by molar-refractivity contribution is 5.77. The first-order valence-corrected chi connectivity index (χ1v) is 9.85. The fraction of sp³-hybridized carbons (Fsp3) is 0.632. The molecule has 2 aromatic rings. The van der Waals surface area contributed by atoms with Crippen molar-refractivity contribution >= 4 is 5.91 Å². The maximum atomic E-state index is 11.9. The van der Waals surface area contributed by atoms with Gasteiger partial charge in [-0.2, -0.15) is 0 Å². The molecule has 3 heterocycles. The number of aromatic nitrogens is 4. The normalized spacial score (nSPS) is 17.8. The molecule has 1 aliphatic rings. The maximum Gasteiger partial charge on any atom is 0.233 e. The highest BCUT2D eigenvalue weighted by Gasteiger charge is 2.19. The van der Waals surface area contributed by atoms with E-state index in [0.29, 0.717) is 6.54 Å². The Bertz CT molecular complexity index is 700.